The normalized spacial score (nSPS) is 19.6. The zero-order valence-corrected chi connectivity index (χ0v) is 12.5. The van der Waals surface area contributed by atoms with Gasteiger partial charge >= 0.3 is 0 Å². The Balaban J connectivity index is 2.07. The summed E-state index contributed by atoms with van der Waals surface area (Å²) in [5.74, 6) is 1.08. The van der Waals surface area contributed by atoms with Gasteiger partial charge in [-0.1, -0.05) is 6.92 Å². The summed E-state index contributed by atoms with van der Waals surface area (Å²) in [5, 5.41) is 4.19. The summed E-state index contributed by atoms with van der Waals surface area (Å²) in [6.45, 7) is 4.03. The van der Waals surface area contributed by atoms with Gasteiger partial charge in [0.25, 0.3) is 0 Å². The summed E-state index contributed by atoms with van der Waals surface area (Å²) in [5.41, 5.74) is 6.67. The van der Waals surface area contributed by atoms with Crippen LogP contribution < -0.4 is 11.1 Å². The van der Waals surface area contributed by atoms with E-state index in [9.17, 15) is 4.79 Å². The maximum absolute atomic E-state index is 11.2. The van der Waals surface area contributed by atoms with E-state index in [0.29, 0.717) is 0 Å². The summed E-state index contributed by atoms with van der Waals surface area (Å²) in [4.78, 5) is 22.3. The first-order chi connectivity index (χ1) is 9.56. The Hall–Kier alpha value is -1.69. The molecule has 3 N–H and O–H groups in total. The Labute approximate surface area is 121 Å². The lowest BCUT2D eigenvalue weighted by Gasteiger charge is -2.18. The highest BCUT2D eigenvalue weighted by Crippen LogP contribution is 2.39. The number of carbonyl (C=O) groups is 1. The minimum absolute atomic E-state index is 0.380. The van der Waals surface area contributed by atoms with Crippen molar-refractivity contribution >= 4 is 33.3 Å². The third-order valence-corrected chi connectivity index (χ3v) is 5.03. The van der Waals surface area contributed by atoms with Gasteiger partial charge in [-0.2, -0.15) is 0 Å². The highest BCUT2D eigenvalue weighted by Gasteiger charge is 2.23. The van der Waals surface area contributed by atoms with Gasteiger partial charge in [-0.3, -0.25) is 4.79 Å². The first-order valence-electron chi connectivity index (χ1n) is 6.87. The number of anilines is 1. The molecule has 0 saturated carbocycles. The number of aromatic nitrogens is 2. The fourth-order valence-electron chi connectivity index (χ4n) is 2.66. The maximum Gasteiger partial charge on any atom is 0.239 e. The second kappa shape index (κ2) is 5.01. The van der Waals surface area contributed by atoms with Gasteiger partial charge < -0.3 is 11.1 Å². The van der Waals surface area contributed by atoms with Crippen LogP contribution >= 0.6 is 11.3 Å². The maximum atomic E-state index is 11.2. The monoisotopic (exact) mass is 290 g/mol. The second-order valence-electron chi connectivity index (χ2n) is 5.52. The van der Waals surface area contributed by atoms with Crippen LogP contribution in [0.15, 0.2) is 6.33 Å². The van der Waals surface area contributed by atoms with E-state index in [1.165, 1.54) is 16.9 Å². The van der Waals surface area contributed by atoms with E-state index < -0.39 is 6.04 Å². The van der Waals surface area contributed by atoms with Crippen molar-refractivity contribution in [1.29, 1.82) is 0 Å². The van der Waals surface area contributed by atoms with Crippen molar-refractivity contribution in [3.8, 4) is 0 Å². The zero-order valence-electron chi connectivity index (χ0n) is 11.6. The summed E-state index contributed by atoms with van der Waals surface area (Å²) in [6, 6.07) is -0.439. The molecule has 2 aromatic heterocycles. The molecule has 2 atom stereocenters. The van der Waals surface area contributed by atoms with E-state index in [2.05, 4.69) is 22.2 Å². The number of amides is 1. The highest BCUT2D eigenvalue weighted by atomic mass is 32.1. The van der Waals surface area contributed by atoms with Crippen molar-refractivity contribution in [3.05, 3.63) is 16.8 Å². The third-order valence-electron chi connectivity index (χ3n) is 3.87. The van der Waals surface area contributed by atoms with Gasteiger partial charge in [-0.05, 0) is 37.7 Å². The van der Waals surface area contributed by atoms with E-state index in [1.54, 1.807) is 24.6 Å². The number of hydrogen-bond donors (Lipinski definition) is 2. The molecule has 0 bridgehead atoms. The Bertz CT molecular complexity index is 666. The van der Waals surface area contributed by atoms with E-state index in [0.717, 1.165) is 34.8 Å². The number of carbonyl (C=O) groups excluding carboxylic acids is 1. The number of primary amides is 1. The van der Waals surface area contributed by atoms with E-state index in [1.807, 2.05) is 0 Å². The Morgan fingerprint density at radius 3 is 3.10 bits per heavy atom. The number of fused-ring (bicyclic) bond motifs is 3. The predicted octanol–water partition coefficient (Wildman–Crippen LogP) is 2.10. The van der Waals surface area contributed by atoms with Crippen LogP contribution in [0.25, 0.3) is 10.2 Å². The second-order valence-corrected chi connectivity index (χ2v) is 6.61. The molecule has 0 spiro atoms. The molecule has 0 aromatic carbocycles. The van der Waals surface area contributed by atoms with E-state index in [-0.39, 0.29) is 5.91 Å². The van der Waals surface area contributed by atoms with Crippen molar-refractivity contribution in [2.45, 2.75) is 39.2 Å². The van der Waals surface area contributed by atoms with Crippen molar-refractivity contribution in [2.24, 2.45) is 11.7 Å². The van der Waals surface area contributed by atoms with Crippen molar-refractivity contribution in [3.63, 3.8) is 0 Å². The Morgan fingerprint density at radius 2 is 2.35 bits per heavy atom. The van der Waals surface area contributed by atoms with E-state index >= 15 is 0 Å². The lowest BCUT2D eigenvalue weighted by molar-refractivity contribution is -0.118. The van der Waals surface area contributed by atoms with Crippen LogP contribution in [0.4, 0.5) is 5.82 Å². The lowest BCUT2D eigenvalue weighted by atomic mass is 9.89. The molecule has 5 nitrogen and oxygen atoms in total. The number of nitrogens with two attached hydrogens (primary N) is 1. The minimum atomic E-state index is -0.439. The molecule has 0 aliphatic heterocycles. The lowest BCUT2D eigenvalue weighted by Crippen LogP contribution is -2.32. The van der Waals surface area contributed by atoms with Crippen molar-refractivity contribution in [1.82, 2.24) is 9.97 Å². The van der Waals surface area contributed by atoms with Gasteiger partial charge in [0.2, 0.25) is 5.91 Å². The molecule has 20 heavy (non-hydrogen) atoms. The number of thiophene rings is 1. The third kappa shape index (κ3) is 2.24. The molecular weight excluding hydrogens is 272 g/mol. The van der Waals surface area contributed by atoms with Crippen LogP contribution in [-0.4, -0.2) is 21.9 Å². The summed E-state index contributed by atoms with van der Waals surface area (Å²) < 4.78 is 0. The van der Waals surface area contributed by atoms with Crippen LogP contribution in [0.2, 0.25) is 0 Å². The molecule has 0 saturated heterocycles. The standard InChI is InChI=1S/C14H18N4OS/c1-7-3-4-9-10(5-7)20-14-11(9)13(16-6-17-14)18-8(2)12(15)19/h6-8H,3-5H2,1-2H3,(H2,15,19)(H,16,17,18)/t7-,8+/m0/s1. The molecule has 3 rings (SSSR count). The Kier molecular flexibility index (Phi) is 3.33. The van der Waals surface area contributed by atoms with Crippen LogP contribution in [0.3, 0.4) is 0 Å². The SMILES string of the molecule is C[C@H]1CCc2c(sc3ncnc(N[C@H](C)C(N)=O)c23)C1. The molecule has 106 valence electrons. The van der Waals surface area contributed by atoms with Crippen LogP contribution in [0.1, 0.15) is 30.7 Å². The number of aryl methyl sites for hydroxylation is 1. The molecule has 0 radical (unpaired) electrons. The number of nitrogens with zero attached hydrogens (tertiary/aromatic N) is 2. The minimum Gasteiger partial charge on any atom is -0.368 e. The molecule has 2 aromatic rings. The molecule has 0 unspecified atom stereocenters. The quantitative estimate of drug-likeness (QED) is 0.907. The van der Waals surface area contributed by atoms with Crippen molar-refractivity contribution in [2.75, 3.05) is 5.32 Å². The van der Waals surface area contributed by atoms with Gasteiger partial charge in [-0.25, -0.2) is 9.97 Å². The van der Waals surface area contributed by atoms with Gasteiger partial charge in [0.05, 0.1) is 5.39 Å². The average Bonchev–Trinajstić information content (AvgIpc) is 2.76. The van der Waals surface area contributed by atoms with Crippen molar-refractivity contribution < 1.29 is 4.79 Å². The molecule has 0 fully saturated rings. The Morgan fingerprint density at radius 1 is 1.55 bits per heavy atom. The number of rotatable bonds is 3. The van der Waals surface area contributed by atoms with Gasteiger partial charge in [0, 0.05) is 4.88 Å². The molecule has 1 amide bonds. The molecular formula is C14H18N4OS. The first-order valence-corrected chi connectivity index (χ1v) is 7.69. The topological polar surface area (TPSA) is 80.9 Å². The zero-order chi connectivity index (χ0) is 14.3. The predicted molar refractivity (Wildman–Crippen MR) is 80.9 cm³/mol. The molecule has 6 heteroatoms. The first kappa shape index (κ1) is 13.3. The van der Waals surface area contributed by atoms with Gasteiger partial charge in [-0.15, -0.1) is 11.3 Å². The van der Waals surface area contributed by atoms with E-state index in [4.69, 9.17) is 5.73 Å². The summed E-state index contributed by atoms with van der Waals surface area (Å²) >= 11 is 1.75. The number of nitrogens with one attached hydrogen (secondary N) is 1. The summed E-state index contributed by atoms with van der Waals surface area (Å²) in [7, 11) is 0. The van der Waals surface area contributed by atoms with Gasteiger partial charge in [0.1, 0.15) is 23.0 Å². The molecule has 1 aliphatic rings. The summed E-state index contributed by atoms with van der Waals surface area (Å²) in [6.07, 6.45) is 4.91. The van der Waals surface area contributed by atoms with Crippen LogP contribution in [0, 0.1) is 5.92 Å². The highest BCUT2D eigenvalue weighted by molar-refractivity contribution is 7.19. The average molecular weight is 290 g/mol. The smallest absolute Gasteiger partial charge is 0.239 e. The molecule has 1 aliphatic carbocycles. The van der Waals surface area contributed by atoms with Crippen LogP contribution in [-0.2, 0) is 17.6 Å². The fraction of sp³-hybridized carbons (Fsp3) is 0.500. The number of hydrogen-bond acceptors (Lipinski definition) is 5. The van der Waals surface area contributed by atoms with Gasteiger partial charge in [0.15, 0.2) is 0 Å². The fourth-order valence-corrected chi connectivity index (χ4v) is 4.01. The molecule has 2 heterocycles. The van der Waals surface area contributed by atoms with Crippen LogP contribution in [0.5, 0.6) is 0 Å². The largest absolute Gasteiger partial charge is 0.368 e.